The van der Waals surface area contributed by atoms with Crippen LogP contribution in [0.25, 0.3) is 0 Å². The zero-order valence-electron chi connectivity index (χ0n) is 16.7. The minimum absolute atomic E-state index is 0.0401. The van der Waals surface area contributed by atoms with E-state index in [-0.39, 0.29) is 11.9 Å². The normalized spacial score (nSPS) is 11.7. The molecule has 148 valence electrons. The number of aryl methyl sites for hydroxylation is 1. The van der Waals surface area contributed by atoms with Crippen molar-refractivity contribution in [3.05, 3.63) is 71.4 Å². The SMILES string of the molecule is CN/C=C\C(N)=NC(=O)c1cc(OCc2ccccc2C)cc(OC(C)C)c1. The Labute approximate surface area is 166 Å². The fourth-order valence-electron chi connectivity index (χ4n) is 2.44. The predicted octanol–water partition coefficient (Wildman–Crippen LogP) is 3.59. The number of benzene rings is 2. The van der Waals surface area contributed by atoms with Gasteiger partial charge < -0.3 is 20.5 Å². The van der Waals surface area contributed by atoms with Crippen LogP contribution in [0, 0.1) is 6.92 Å². The van der Waals surface area contributed by atoms with Crippen LogP contribution >= 0.6 is 0 Å². The third-order valence-electron chi connectivity index (χ3n) is 3.81. The summed E-state index contributed by atoms with van der Waals surface area (Å²) in [7, 11) is 1.73. The molecule has 3 N–H and O–H groups in total. The molecule has 0 aliphatic rings. The van der Waals surface area contributed by atoms with Crippen molar-refractivity contribution in [1.82, 2.24) is 5.32 Å². The van der Waals surface area contributed by atoms with Gasteiger partial charge in [0.15, 0.2) is 0 Å². The lowest BCUT2D eigenvalue weighted by Gasteiger charge is -2.14. The Kier molecular flexibility index (Phi) is 7.63. The van der Waals surface area contributed by atoms with Gasteiger partial charge in [0.25, 0.3) is 5.91 Å². The molecule has 0 saturated carbocycles. The maximum atomic E-state index is 12.5. The number of nitrogens with one attached hydrogen (secondary N) is 1. The van der Waals surface area contributed by atoms with Crippen LogP contribution in [0.15, 0.2) is 59.7 Å². The van der Waals surface area contributed by atoms with Gasteiger partial charge in [0, 0.05) is 18.7 Å². The zero-order chi connectivity index (χ0) is 20.5. The van der Waals surface area contributed by atoms with Crippen LogP contribution in [0.2, 0.25) is 0 Å². The minimum Gasteiger partial charge on any atom is -0.491 e. The summed E-state index contributed by atoms with van der Waals surface area (Å²) >= 11 is 0. The molecule has 0 radical (unpaired) electrons. The van der Waals surface area contributed by atoms with Crippen molar-refractivity contribution in [3.8, 4) is 11.5 Å². The Morgan fingerprint density at radius 2 is 1.93 bits per heavy atom. The molecule has 0 aromatic heterocycles. The number of hydrogen-bond donors (Lipinski definition) is 2. The molecule has 0 heterocycles. The third kappa shape index (κ3) is 6.46. The van der Waals surface area contributed by atoms with E-state index >= 15 is 0 Å². The van der Waals surface area contributed by atoms with Crippen LogP contribution in [0.5, 0.6) is 11.5 Å². The topological polar surface area (TPSA) is 85.9 Å². The van der Waals surface area contributed by atoms with Crippen LogP contribution in [0.4, 0.5) is 0 Å². The van der Waals surface area contributed by atoms with E-state index < -0.39 is 5.91 Å². The molecule has 6 nitrogen and oxygen atoms in total. The largest absolute Gasteiger partial charge is 0.491 e. The van der Waals surface area contributed by atoms with Gasteiger partial charge in [0.1, 0.15) is 23.9 Å². The highest BCUT2D eigenvalue weighted by Gasteiger charge is 2.12. The number of rotatable bonds is 8. The first-order chi connectivity index (χ1) is 13.4. The minimum atomic E-state index is -0.465. The summed E-state index contributed by atoms with van der Waals surface area (Å²) in [5.41, 5.74) is 8.31. The van der Waals surface area contributed by atoms with E-state index in [2.05, 4.69) is 10.3 Å². The second-order valence-corrected chi connectivity index (χ2v) is 6.54. The summed E-state index contributed by atoms with van der Waals surface area (Å²) in [5.74, 6) is 0.717. The molecule has 6 heteroatoms. The number of hydrogen-bond acceptors (Lipinski definition) is 4. The van der Waals surface area contributed by atoms with Gasteiger partial charge in [-0.3, -0.25) is 4.79 Å². The fourth-order valence-corrected chi connectivity index (χ4v) is 2.44. The van der Waals surface area contributed by atoms with E-state index in [0.717, 1.165) is 11.1 Å². The lowest BCUT2D eigenvalue weighted by atomic mass is 10.1. The van der Waals surface area contributed by atoms with Gasteiger partial charge in [-0.15, -0.1) is 0 Å². The monoisotopic (exact) mass is 381 g/mol. The predicted molar refractivity (Wildman–Crippen MR) is 112 cm³/mol. The summed E-state index contributed by atoms with van der Waals surface area (Å²) in [6.07, 6.45) is 3.07. The van der Waals surface area contributed by atoms with Crippen molar-refractivity contribution in [3.63, 3.8) is 0 Å². The maximum absolute atomic E-state index is 12.5. The van der Waals surface area contributed by atoms with Crippen molar-refractivity contribution in [2.75, 3.05) is 7.05 Å². The summed E-state index contributed by atoms with van der Waals surface area (Å²) < 4.78 is 11.7. The van der Waals surface area contributed by atoms with Gasteiger partial charge in [-0.1, -0.05) is 24.3 Å². The van der Waals surface area contributed by atoms with Crippen molar-refractivity contribution >= 4 is 11.7 Å². The Hall–Kier alpha value is -3.28. The highest BCUT2D eigenvalue weighted by atomic mass is 16.5. The molecule has 0 aliphatic carbocycles. The smallest absolute Gasteiger partial charge is 0.279 e. The first-order valence-electron chi connectivity index (χ1n) is 9.10. The van der Waals surface area contributed by atoms with Crippen molar-refractivity contribution in [1.29, 1.82) is 0 Å². The van der Waals surface area contributed by atoms with Gasteiger partial charge in [0.2, 0.25) is 0 Å². The van der Waals surface area contributed by atoms with E-state index in [1.54, 1.807) is 31.4 Å². The average Bonchev–Trinajstić information content (AvgIpc) is 2.65. The molecule has 2 aromatic rings. The van der Waals surface area contributed by atoms with Gasteiger partial charge in [-0.05, 0) is 56.3 Å². The molecule has 0 aliphatic heterocycles. The molecule has 0 bridgehead atoms. The number of amidine groups is 1. The van der Waals surface area contributed by atoms with Gasteiger partial charge in [-0.25, -0.2) is 0 Å². The van der Waals surface area contributed by atoms with Gasteiger partial charge >= 0.3 is 0 Å². The van der Waals surface area contributed by atoms with E-state index in [9.17, 15) is 4.79 Å². The number of carbonyl (C=O) groups excluding carboxylic acids is 1. The highest BCUT2D eigenvalue weighted by Crippen LogP contribution is 2.25. The summed E-state index contributed by atoms with van der Waals surface area (Å²) in [6.45, 7) is 6.26. The first-order valence-corrected chi connectivity index (χ1v) is 9.10. The lowest BCUT2D eigenvalue weighted by molar-refractivity contribution is 0.100. The van der Waals surface area contributed by atoms with Gasteiger partial charge in [-0.2, -0.15) is 4.99 Å². The van der Waals surface area contributed by atoms with Crippen molar-refractivity contribution in [2.45, 2.75) is 33.5 Å². The average molecular weight is 381 g/mol. The molecule has 0 spiro atoms. The molecule has 0 unspecified atom stereocenters. The summed E-state index contributed by atoms with van der Waals surface area (Å²) in [5, 5.41) is 2.80. The molecule has 1 amide bonds. The van der Waals surface area contributed by atoms with Crippen molar-refractivity contribution < 1.29 is 14.3 Å². The Bertz CT molecular complexity index is 873. The number of aliphatic imine (C=N–C) groups is 1. The molecule has 0 atom stereocenters. The Balaban J connectivity index is 2.27. The zero-order valence-corrected chi connectivity index (χ0v) is 16.7. The number of carbonyl (C=O) groups is 1. The molecule has 0 fully saturated rings. The van der Waals surface area contributed by atoms with Crippen LogP contribution in [-0.4, -0.2) is 24.9 Å². The maximum Gasteiger partial charge on any atom is 0.279 e. The Morgan fingerprint density at radius 3 is 2.61 bits per heavy atom. The van der Waals surface area contributed by atoms with Crippen LogP contribution in [-0.2, 0) is 6.61 Å². The number of amides is 1. The second kappa shape index (κ2) is 10.2. The van der Waals surface area contributed by atoms with Crippen molar-refractivity contribution in [2.24, 2.45) is 10.7 Å². The van der Waals surface area contributed by atoms with E-state index in [1.165, 1.54) is 6.08 Å². The molecular weight excluding hydrogens is 354 g/mol. The van der Waals surface area contributed by atoms with Gasteiger partial charge in [0.05, 0.1) is 6.10 Å². The molecule has 2 rings (SSSR count). The molecule has 28 heavy (non-hydrogen) atoms. The van der Waals surface area contributed by atoms with E-state index in [1.807, 2.05) is 45.0 Å². The quantitative estimate of drug-likeness (QED) is 0.539. The van der Waals surface area contributed by atoms with Crippen LogP contribution < -0.4 is 20.5 Å². The Morgan fingerprint density at radius 1 is 1.21 bits per heavy atom. The van der Waals surface area contributed by atoms with E-state index in [4.69, 9.17) is 15.2 Å². The fraction of sp³-hybridized carbons (Fsp3) is 0.273. The second-order valence-electron chi connectivity index (χ2n) is 6.54. The van der Waals surface area contributed by atoms with Crippen LogP contribution in [0.1, 0.15) is 35.3 Å². The lowest BCUT2D eigenvalue weighted by Crippen LogP contribution is -2.13. The summed E-state index contributed by atoms with van der Waals surface area (Å²) in [4.78, 5) is 16.4. The van der Waals surface area contributed by atoms with Crippen LogP contribution in [0.3, 0.4) is 0 Å². The molecule has 2 aromatic carbocycles. The summed E-state index contributed by atoms with van der Waals surface area (Å²) in [6, 6.07) is 13.0. The number of nitrogens with zero attached hydrogens (tertiary/aromatic N) is 1. The standard InChI is InChI=1S/C22H27N3O3/c1-15(2)28-20-12-18(22(26)25-21(23)9-10-24-4)11-19(13-20)27-14-17-8-6-5-7-16(17)3/h5-13,15,24H,14H2,1-4H3,(H2,23,25,26)/b10-9-. The highest BCUT2D eigenvalue weighted by molar-refractivity contribution is 6.06. The molecule has 0 saturated heterocycles. The first kappa shape index (κ1) is 21.0. The third-order valence-corrected chi connectivity index (χ3v) is 3.81. The number of nitrogens with two attached hydrogens (primary N) is 1. The van der Waals surface area contributed by atoms with E-state index in [0.29, 0.717) is 23.7 Å². The number of ether oxygens (including phenoxy) is 2. The molecular formula is C22H27N3O3.